The van der Waals surface area contributed by atoms with E-state index in [0.29, 0.717) is 98.9 Å². The number of carbonyl (C=O) groups is 9. The van der Waals surface area contributed by atoms with Crippen molar-refractivity contribution in [2.75, 3.05) is 68.8 Å². The summed E-state index contributed by atoms with van der Waals surface area (Å²) in [6.07, 6.45) is 2.62. The molecule has 0 aromatic carbocycles. The summed E-state index contributed by atoms with van der Waals surface area (Å²) in [4.78, 5) is 112. The van der Waals surface area contributed by atoms with Crippen molar-refractivity contribution in [1.82, 2.24) is 65.3 Å². The van der Waals surface area contributed by atoms with Crippen LogP contribution < -0.4 is 20.0 Å². The first-order valence-corrected chi connectivity index (χ1v) is 32.6. The molecule has 0 radical (unpaired) electrons. The topological polar surface area (TPSA) is 441 Å². The molecule has 0 bridgehead atoms. The quantitative estimate of drug-likeness (QED) is 0.0184. The second kappa shape index (κ2) is 39.5. The van der Waals surface area contributed by atoms with Crippen molar-refractivity contribution >= 4 is 119 Å². The zero-order chi connectivity index (χ0) is 74.5. The Morgan fingerprint density at radius 3 is 1.43 bits per heavy atom. The van der Waals surface area contributed by atoms with Gasteiger partial charge in [-0.05, 0) is 164 Å². The van der Waals surface area contributed by atoms with E-state index < -0.39 is 70.2 Å². The molecule has 4 amide bonds. The average molecular weight is 1580 g/mol. The number of halogens is 3. The highest BCUT2D eigenvalue weighted by Gasteiger charge is 2.36. The summed E-state index contributed by atoms with van der Waals surface area (Å²) in [6, 6.07) is 0. The number of rotatable bonds is 13. The van der Waals surface area contributed by atoms with E-state index in [1.807, 2.05) is 41.5 Å². The SMILES string of the molecule is CC(C)(C)OC(=O)N1CCCn2nnc(Br)c21.CC(C)(C)OC(=O)N1CCCn2nnc(C(=O)O)c21.COC(=O)C#CBr.COC(=O)c1nnn(CCCCC(=O)OC(C)(C)C)c1Br.COC(=O)c1nnn2c1N(C(=O)OC(C)(C)C)CCC2.[CH2+]C(C)(C)OC(=O)NCCCN=[N+]=[N-]. The molecule has 0 aliphatic carbocycles. The molecule has 4 aromatic heterocycles. The number of amides is 4. The first-order chi connectivity index (χ1) is 45.5. The number of anilines is 3. The van der Waals surface area contributed by atoms with Gasteiger partial charge in [-0.25, -0.2) is 57.1 Å². The molecular weight excluding hydrogens is 1490 g/mol. The zero-order valence-electron chi connectivity index (χ0n) is 58.1. The lowest BCUT2D eigenvalue weighted by atomic mass is 10.2. The molecule has 98 heavy (non-hydrogen) atoms. The Morgan fingerprint density at radius 2 is 1.01 bits per heavy atom. The number of ether oxygens (including phenoxy) is 8. The largest absolute Gasteiger partial charge is 0.476 e. The standard InChI is InChI=1S/C13H20BrN3O4.C12H18N4O4.C11H16N4O4.C10H15BrN4O2.C8H14N4O2.C4H3BrO2/c1-13(2,3)21-9(18)7-5-6-8-17-11(14)10(15-16-17)12(19)20-4;1-12(2,3)20-11(18)15-6-5-7-16-9(15)8(13-14-16)10(17)19-4;1-11(2,3)19-10(18)14-5-4-6-15-8(14)7(9(16)17)12-13-15;1-10(2,3)17-9(16)14-5-4-6-15-8(14)7(11)12-13-15;1-8(2,3)14-7(13)10-5-4-6-11-12-9;1-7-4(6)2-3-5/h5-8H2,1-4H3;5-7H2,1-4H3;4-6H2,1-3H3,(H,16,17);4-6H2,1-3H3;1,4-6H2,2-3H3;1H3/p+1. The maximum atomic E-state index is 12.2. The number of alkyl carbamates (subject to hydrolysis) is 1. The number of carboxylic acids is 1. The van der Waals surface area contributed by atoms with Crippen molar-refractivity contribution < 1.29 is 86.2 Å². The van der Waals surface area contributed by atoms with Gasteiger partial charge >= 0.3 is 54.2 Å². The molecule has 40 heteroatoms. The first-order valence-electron chi connectivity index (χ1n) is 30.2. The van der Waals surface area contributed by atoms with E-state index in [-0.39, 0.29) is 35.0 Å². The van der Waals surface area contributed by atoms with Gasteiger partial charge in [0.2, 0.25) is 22.7 Å². The predicted molar refractivity (Wildman–Crippen MR) is 361 cm³/mol. The summed E-state index contributed by atoms with van der Waals surface area (Å²) in [7, 11) is 3.82. The molecule has 7 rings (SSSR count). The van der Waals surface area contributed by atoms with Crippen molar-refractivity contribution in [3.63, 3.8) is 0 Å². The van der Waals surface area contributed by atoms with Gasteiger partial charge < -0.3 is 48.3 Å². The van der Waals surface area contributed by atoms with Gasteiger partial charge in [0.05, 0.1) is 21.3 Å². The minimum Gasteiger partial charge on any atom is -0.476 e. The summed E-state index contributed by atoms with van der Waals surface area (Å²) in [5.74, 6) is 0.173. The lowest BCUT2D eigenvalue weighted by Crippen LogP contribution is -2.42. The van der Waals surface area contributed by atoms with Gasteiger partial charge in [-0.15, -0.1) is 20.4 Å². The van der Waals surface area contributed by atoms with Crippen LogP contribution in [0.25, 0.3) is 10.4 Å². The summed E-state index contributed by atoms with van der Waals surface area (Å²) >= 11 is 9.28. The number of azide groups is 1. The minimum absolute atomic E-state index is 0.0260. The van der Waals surface area contributed by atoms with Crippen LogP contribution in [0.2, 0.25) is 0 Å². The third-order valence-electron chi connectivity index (χ3n) is 11.5. The molecule has 0 unspecified atom stereocenters. The maximum Gasteiger partial charge on any atom is 0.416 e. The smallest absolute Gasteiger partial charge is 0.416 e. The van der Waals surface area contributed by atoms with E-state index in [0.717, 1.165) is 25.8 Å². The molecule has 3 aliphatic heterocycles. The van der Waals surface area contributed by atoms with Gasteiger partial charge in [0, 0.05) is 106 Å². The summed E-state index contributed by atoms with van der Waals surface area (Å²) in [5.41, 5.74) is 4.96. The van der Waals surface area contributed by atoms with Crippen LogP contribution in [0, 0.1) is 17.7 Å². The molecule has 0 fully saturated rings. The highest BCUT2D eigenvalue weighted by Crippen LogP contribution is 2.30. The number of methoxy groups -OCH3 is 3. The average Bonchev–Trinajstić information content (AvgIpc) is 1.62. The molecule has 0 saturated heterocycles. The van der Waals surface area contributed by atoms with Gasteiger partial charge in [0.25, 0.3) is 0 Å². The van der Waals surface area contributed by atoms with Crippen LogP contribution in [-0.2, 0) is 73.7 Å². The number of hydrogen-bond donors (Lipinski definition) is 2. The van der Waals surface area contributed by atoms with Gasteiger partial charge in [0.15, 0.2) is 22.1 Å². The Labute approximate surface area is 592 Å². The van der Waals surface area contributed by atoms with Crippen LogP contribution in [0.5, 0.6) is 0 Å². The fourth-order valence-corrected chi connectivity index (χ4v) is 8.94. The third-order valence-corrected chi connectivity index (χ3v) is 13.0. The minimum atomic E-state index is -1.21. The molecule has 7 heterocycles. The Balaban J connectivity index is 0.000000409. The van der Waals surface area contributed by atoms with Gasteiger partial charge in [-0.2, -0.15) is 0 Å². The normalized spacial score (nSPS) is 12.9. The van der Waals surface area contributed by atoms with Crippen LogP contribution in [0.3, 0.4) is 0 Å². The second-order valence-electron chi connectivity index (χ2n) is 25.2. The van der Waals surface area contributed by atoms with Crippen molar-refractivity contribution in [1.29, 1.82) is 0 Å². The summed E-state index contributed by atoms with van der Waals surface area (Å²) in [5, 5.41) is 45.4. The van der Waals surface area contributed by atoms with Crippen LogP contribution in [-0.4, -0.2) is 201 Å². The number of aryl methyl sites for hydroxylation is 4. The molecule has 3 aliphatic rings. The Bertz CT molecular complexity index is 3470. The predicted octanol–water partition coefficient (Wildman–Crippen LogP) is 9.40. The van der Waals surface area contributed by atoms with E-state index in [2.05, 4.69) is 136 Å². The number of esters is 4. The molecule has 542 valence electrons. The Hall–Kier alpha value is -8.83. The monoisotopic (exact) mass is 1570 g/mol. The number of aromatic nitrogens is 12. The Morgan fingerprint density at radius 1 is 0.582 bits per heavy atom. The second-order valence-corrected chi connectivity index (χ2v) is 27.1. The van der Waals surface area contributed by atoms with Gasteiger partial charge in [-0.1, -0.05) is 26.0 Å². The molecule has 2 N–H and O–H groups in total. The fraction of sp³-hybridized carbons (Fsp3) is 0.655. The van der Waals surface area contributed by atoms with Crippen molar-refractivity contribution in [2.24, 2.45) is 5.11 Å². The van der Waals surface area contributed by atoms with E-state index >= 15 is 0 Å². The number of aromatic carboxylic acids is 1. The Kier molecular flexibility index (Phi) is 34.4. The van der Waals surface area contributed by atoms with Crippen molar-refractivity contribution in [3.05, 3.63) is 43.7 Å². The zero-order valence-corrected chi connectivity index (χ0v) is 62.8. The fourth-order valence-electron chi connectivity index (χ4n) is 7.80. The number of unbranched alkanes of at least 4 members (excludes halogenated alkanes) is 1. The van der Waals surface area contributed by atoms with Crippen LogP contribution in [0.15, 0.2) is 14.3 Å². The van der Waals surface area contributed by atoms with Crippen molar-refractivity contribution in [2.45, 2.75) is 196 Å². The highest BCUT2D eigenvalue weighted by molar-refractivity contribution is 9.12. The summed E-state index contributed by atoms with van der Waals surface area (Å²) < 4.78 is 46.7. The van der Waals surface area contributed by atoms with Crippen LogP contribution in [0.4, 0.5) is 36.6 Å². The molecule has 0 saturated carbocycles. The van der Waals surface area contributed by atoms with Gasteiger partial charge in [-0.3, -0.25) is 19.5 Å². The van der Waals surface area contributed by atoms with Crippen LogP contribution >= 0.6 is 47.8 Å². The van der Waals surface area contributed by atoms with Crippen LogP contribution in [0.1, 0.15) is 173 Å². The lowest BCUT2D eigenvalue weighted by molar-refractivity contribution is -0.155. The molecule has 37 nitrogen and oxygen atoms in total. The summed E-state index contributed by atoms with van der Waals surface area (Å²) in [6.45, 7) is 33.4. The highest BCUT2D eigenvalue weighted by atomic mass is 79.9. The van der Waals surface area contributed by atoms with Gasteiger partial charge in [0.1, 0.15) is 33.9 Å². The molecular formula is C58H87Br3N19O18+. The number of fused-ring (bicyclic) bond motifs is 3. The number of carbonyl (C=O) groups excluding carboxylic acids is 8. The third kappa shape index (κ3) is 30.7. The molecule has 0 spiro atoms. The first kappa shape index (κ1) is 85.3. The number of carboxylic acid groups (broad SMARTS) is 1. The number of nitrogens with zero attached hydrogens (tertiary/aromatic N) is 18. The van der Waals surface area contributed by atoms with E-state index in [1.165, 1.54) is 40.5 Å². The van der Waals surface area contributed by atoms with E-state index in [9.17, 15) is 43.2 Å². The molecule has 0 atom stereocenters. The maximum absolute atomic E-state index is 12.2. The van der Waals surface area contributed by atoms with E-state index in [4.69, 9.17) is 34.3 Å². The lowest BCUT2D eigenvalue weighted by Gasteiger charge is -2.30. The number of nitrogens with one attached hydrogen (secondary N) is 1. The molecule has 4 aromatic rings. The number of hydrogen-bond acceptors (Lipinski definition) is 26. The van der Waals surface area contributed by atoms with E-state index in [1.54, 1.807) is 69.7 Å². The van der Waals surface area contributed by atoms with Crippen molar-refractivity contribution in [3.8, 4) is 10.8 Å².